The van der Waals surface area contributed by atoms with Crippen LogP contribution in [0, 0.1) is 0 Å². The molecule has 0 unspecified atom stereocenters. The minimum Gasteiger partial charge on any atom is -0.504 e. The number of allylic oxidation sites excluding steroid dienone is 1. The molecule has 0 radical (unpaired) electrons. The first-order chi connectivity index (χ1) is 10.9. The molecule has 122 valence electrons. The van der Waals surface area contributed by atoms with Gasteiger partial charge in [-0.25, -0.2) is 9.59 Å². The van der Waals surface area contributed by atoms with Crippen LogP contribution in [-0.4, -0.2) is 29.4 Å². The van der Waals surface area contributed by atoms with Gasteiger partial charge in [0, 0.05) is 0 Å². The van der Waals surface area contributed by atoms with E-state index in [0.717, 1.165) is 5.57 Å². The standard InChI is InChI=1S/C16H16O7/c1-9(2)6-7-21-15-13(19)10-4-3-5-11(22-8-12(17)18)14(10)23-16(15)20/h3-6,19H,7-8H2,1-2H3,(H,17,18). The number of carbonyl (C=O) groups is 1. The zero-order chi connectivity index (χ0) is 17.0. The maximum absolute atomic E-state index is 12.0. The quantitative estimate of drug-likeness (QED) is 0.621. The molecule has 2 rings (SSSR count). The van der Waals surface area contributed by atoms with E-state index in [4.69, 9.17) is 19.0 Å². The topological polar surface area (TPSA) is 106 Å². The van der Waals surface area contributed by atoms with Crippen molar-refractivity contribution < 1.29 is 28.9 Å². The molecule has 0 fully saturated rings. The molecule has 0 bridgehead atoms. The molecule has 0 amide bonds. The van der Waals surface area contributed by atoms with Crippen molar-refractivity contribution in [3.63, 3.8) is 0 Å². The lowest BCUT2D eigenvalue weighted by atomic mass is 10.2. The van der Waals surface area contributed by atoms with Crippen LogP contribution >= 0.6 is 0 Å². The monoisotopic (exact) mass is 320 g/mol. The first kappa shape index (κ1) is 16.4. The van der Waals surface area contributed by atoms with E-state index in [1.165, 1.54) is 12.1 Å². The summed E-state index contributed by atoms with van der Waals surface area (Å²) < 4.78 is 15.4. The molecule has 1 aromatic carbocycles. The molecular formula is C16H16O7. The lowest BCUT2D eigenvalue weighted by Crippen LogP contribution is -2.11. The third-order valence-electron chi connectivity index (χ3n) is 2.90. The van der Waals surface area contributed by atoms with Gasteiger partial charge in [-0.05, 0) is 32.1 Å². The van der Waals surface area contributed by atoms with E-state index in [-0.39, 0.29) is 34.8 Å². The average molecular weight is 320 g/mol. The van der Waals surface area contributed by atoms with Gasteiger partial charge in [-0.3, -0.25) is 0 Å². The number of carboxylic acid groups (broad SMARTS) is 1. The van der Waals surface area contributed by atoms with Gasteiger partial charge in [-0.15, -0.1) is 0 Å². The van der Waals surface area contributed by atoms with Gasteiger partial charge in [0.2, 0.25) is 5.75 Å². The minimum atomic E-state index is -1.17. The number of aromatic hydroxyl groups is 1. The molecule has 2 N–H and O–H groups in total. The van der Waals surface area contributed by atoms with Crippen molar-refractivity contribution in [1.29, 1.82) is 0 Å². The van der Waals surface area contributed by atoms with Gasteiger partial charge in [-0.1, -0.05) is 11.6 Å². The van der Waals surface area contributed by atoms with Crippen LogP contribution in [0.15, 0.2) is 39.1 Å². The Balaban J connectivity index is 2.44. The fourth-order valence-corrected chi connectivity index (χ4v) is 1.84. The lowest BCUT2D eigenvalue weighted by molar-refractivity contribution is -0.139. The summed E-state index contributed by atoms with van der Waals surface area (Å²) in [7, 11) is 0. The van der Waals surface area contributed by atoms with Gasteiger partial charge in [-0.2, -0.15) is 0 Å². The van der Waals surface area contributed by atoms with Gasteiger partial charge >= 0.3 is 11.6 Å². The Morgan fingerprint density at radius 1 is 1.30 bits per heavy atom. The van der Waals surface area contributed by atoms with Crippen LogP contribution in [0.2, 0.25) is 0 Å². The Labute approximate surface area is 131 Å². The van der Waals surface area contributed by atoms with E-state index in [1.807, 2.05) is 13.8 Å². The molecule has 0 spiro atoms. The number of hydrogen-bond acceptors (Lipinski definition) is 6. The summed E-state index contributed by atoms with van der Waals surface area (Å²) >= 11 is 0. The predicted octanol–water partition coefficient (Wildman–Crippen LogP) is 2.31. The normalized spacial score (nSPS) is 10.3. The molecule has 1 aromatic heterocycles. The summed E-state index contributed by atoms with van der Waals surface area (Å²) in [5.41, 5.74) is 0.0911. The number of rotatable bonds is 6. The van der Waals surface area contributed by atoms with Crippen LogP contribution in [0.25, 0.3) is 11.0 Å². The number of carboxylic acids is 1. The van der Waals surface area contributed by atoms with Crippen molar-refractivity contribution in [3.8, 4) is 17.2 Å². The highest BCUT2D eigenvalue weighted by atomic mass is 16.5. The SMILES string of the molecule is CC(C)=CCOc1c(O)c2cccc(OCC(=O)O)c2oc1=O. The van der Waals surface area contributed by atoms with Crippen molar-refractivity contribution in [2.75, 3.05) is 13.2 Å². The third kappa shape index (κ3) is 3.82. The van der Waals surface area contributed by atoms with E-state index in [0.29, 0.717) is 0 Å². The van der Waals surface area contributed by atoms with Crippen LogP contribution in [-0.2, 0) is 4.79 Å². The summed E-state index contributed by atoms with van der Waals surface area (Å²) in [5, 5.41) is 19.1. The number of ether oxygens (including phenoxy) is 2. The van der Waals surface area contributed by atoms with Crippen LogP contribution in [0.5, 0.6) is 17.2 Å². The Morgan fingerprint density at radius 3 is 2.70 bits per heavy atom. The van der Waals surface area contributed by atoms with Crippen molar-refractivity contribution in [3.05, 3.63) is 40.3 Å². The first-order valence-electron chi connectivity index (χ1n) is 6.79. The van der Waals surface area contributed by atoms with Crippen molar-refractivity contribution in [2.45, 2.75) is 13.8 Å². The first-order valence-corrected chi connectivity index (χ1v) is 6.79. The van der Waals surface area contributed by atoms with E-state index < -0.39 is 18.2 Å². The molecular weight excluding hydrogens is 304 g/mol. The molecule has 1 heterocycles. The Hall–Kier alpha value is -2.96. The second-order valence-corrected chi connectivity index (χ2v) is 4.97. The van der Waals surface area contributed by atoms with Crippen LogP contribution in [0.1, 0.15) is 13.8 Å². The Morgan fingerprint density at radius 2 is 2.04 bits per heavy atom. The van der Waals surface area contributed by atoms with E-state index in [1.54, 1.807) is 12.1 Å². The number of aliphatic carboxylic acids is 1. The summed E-state index contributed by atoms with van der Waals surface area (Å²) in [6, 6.07) is 4.49. The molecule has 0 saturated carbocycles. The molecule has 0 atom stereocenters. The predicted molar refractivity (Wildman–Crippen MR) is 82.2 cm³/mol. The summed E-state index contributed by atoms with van der Waals surface area (Å²) in [6.07, 6.45) is 1.75. The van der Waals surface area contributed by atoms with Gasteiger partial charge in [0.15, 0.2) is 23.7 Å². The van der Waals surface area contributed by atoms with Crippen molar-refractivity contribution in [1.82, 2.24) is 0 Å². The number of hydrogen-bond donors (Lipinski definition) is 2. The van der Waals surface area contributed by atoms with Crippen LogP contribution < -0.4 is 15.1 Å². The molecule has 0 aliphatic rings. The average Bonchev–Trinajstić information content (AvgIpc) is 2.48. The Kier molecular flexibility index (Phi) is 4.90. The minimum absolute atomic E-state index is 0.0363. The highest BCUT2D eigenvalue weighted by Crippen LogP contribution is 2.35. The lowest BCUT2D eigenvalue weighted by Gasteiger charge is -2.10. The van der Waals surface area contributed by atoms with Crippen LogP contribution in [0.4, 0.5) is 0 Å². The van der Waals surface area contributed by atoms with Crippen LogP contribution in [0.3, 0.4) is 0 Å². The second kappa shape index (κ2) is 6.87. The number of para-hydroxylation sites is 1. The molecule has 0 aliphatic carbocycles. The number of fused-ring (bicyclic) bond motifs is 1. The van der Waals surface area contributed by atoms with Crippen molar-refractivity contribution in [2.24, 2.45) is 0 Å². The molecule has 0 saturated heterocycles. The molecule has 7 heteroatoms. The highest BCUT2D eigenvalue weighted by Gasteiger charge is 2.18. The van der Waals surface area contributed by atoms with Gasteiger partial charge in [0.05, 0.1) is 5.39 Å². The van der Waals surface area contributed by atoms with Crippen molar-refractivity contribution >= 4 is 16.9 Å². The molecule has 7 nitrogen and oxygen atoms in total. The Bertz CT molecular complexity index is 813. The highest BCUT2D eigenvalue weighted by molar-refractivity contribution is 5.89. The summed E-state index contributed by atoms with van der Waals surface area (Å²) in [6.45, 7) is 3.26. The summed E-state index contributed by atoms with van der Waals surface area (Å²) in [5.74, 6) is -1.80. The maximum Gasteiger partial charge on any atom is 0.383 e. The zero-order valence-corrected chi connectivity index (χ0v) is 12.7. The van der Waals surface area contributed by atoms with Gasteiger partial charge in [0.25, 0.3) is 0 Å². The van der Waals surface area contributed by atoms with E-state index in [9.17, 15) is 14.7 Å². The van der Waals surface area contributed by atoms with Gasteiger partial charge in [0.1, 0.15) is 6.61 Å². The zero-order valence-electron chi connectivity index (χ0n) is 12.7. The smallest absolute Gasteiger partial charge is 0.383 e. The molecule has 23 heavy (non-hydrogen) atoms. The van der Waals surface area contributed by atoms with Gasteiger partial charge < -0.3 is 24.1 Å². The molecule has 2 aromatic rings. The second-order valence-electron chi connectivity index (χ2n) is 4.97. The third-order valence-corrected chi connectivity index (χ3v) is 2.90. The van der Waals surface area contributed by atoms with E-state index in [2.05, 4.69) is 0 Å². The number of benzene rings is 1. The maximum atomic E-state index is 12.0. The largest absolute Gasteiger partial charge is 0.504 e. The molecule has 0 aliphatic heterocycles. The van der Waals surface area contributed by atoms with E-state index >= 15 is 0 Å². The fraction of sp³-hybridized carbons (Fsp3) is 0.250. The summed E-state index contributed by atoms with van der Waals surface area (Å²) in [4.78, 5) is 22.6. The fourth-order valence-electron chi connectivity index (χ4n) is 1.84.